The van der Waals surface area contributed by atoms with Gasteiger partial charge in [-0.1, -0.05) is 18.2 Å². The molecule has 26 heavy (non-hydrogen) atoms. The van der Waals surface area contributed by atoms with Crippen LogP contribution in [0, 0.1) is 11.8 Å². The quantitative estimate of drug-likeness (QED) is 0.659. The third-order valence-corrected chi connectivity index (χ3v) is 8.07. The number of likely N-dealkylation sites (tertiary alicyclic amines) is 1. The lowest BCUT2D eigenvalue weighted by Crippen LogP contribution is -2.45. The van der Waals surface area contributed by atoms with E-state index in [0.717, 1.165) is 34.9 Å². The van der Waals surface area contributed by atoms with Crippen LogP contribution in [-0.4, -0.2) is 57.8 Å². The molecule has 2 saturated carbocycles. The van der Waals surface area contributed by atoms with Crippen LogP contribution in [0.5, 0.6) is 0 Å². The zero-order valence-electron chi connectivity index (χ0n) is 14.7. The topological polar surface area (TPSA) is 82.5 Å². The van der Waals surface area contributed by atoms with Crippen molar-refractivity contribution in [1.29, 1.82) is 0 Å². The highest BCUT2D eigenvalue weighted by Gasteiger charge is 2.40. The number of aromatic carboxylic acids is 1. The van der Waals surface area contributed by atoms with Crippen LogP contribution >= 0.6 is 23.1 Å². The highest BCUT2D eigenvalue weighted by molar-refractivity contribution is 8.01. The number of carboxylic acid groups (broad SMARTS) is 1. The van der Waals surface area contributed by atoms with Gasteiger partial charge in [-0.15, -0.1) is 11.3 Å². The van der Waals surface area contributed by atoms with Crippen LogP contribution in [0.15, 0.2) is 9.72 Å². The fourth-order valence-corrected chi connectivity index (χ4v) is 6.56. The molecule has 2 N–H and O–H groups in total. The molecule has 3 aliphatic rings. The normalized spacial score (nSPS) is 30.5. The number of thiazole rings is 1. The van der Waals surface area contributed by atoms with Gasteiger partial charge in [0.25, 0.3) is 0 Å². The molecule has 2 aliphatic carbocycles. The van der Waals surface area contributed by atoms with Gasteiger partial charge in [-0.05, 0) is 37.5 Å². The van der Waals surface area contributed by atoms with Gasteiger partial charge in [-0.2, -0.15) is 0 Å². The first-order chi connectivity index (χ1) is 12.6. The van der Waals surface area contributed by atoms with E-state index in [1.165, 1.54) is 48.8 Å². The van der Waals surface area contributed by atoms with Crippen molar-refractivity contribution in [3.05, 3.63) is 11.1 Å². The van der Waals surface area contributed by atoms with Crippen molar-refractivity contribution < 1.29 is 14.7 Å². The number of carbonyl (C=O) groups excluding carboxylic acids is 1. The molecular formula is C18H25N3O3S2. The molecule has 142 valence electrons. The van der Waals surface area contributed by atoms with Gasteiger partial charge < -0.3 is 15.3 Å². The molecule has 4 atom stereocenters. The number of fused-ring (bicyclic) bond motifs is 2. The molecule has 1 saturated heterocycles. The van der Waals surface area contributed by atoms with E-state index in [9.17, 15) is 9.59 Å². The number of carbonyl (C=O) groups is 2. The predicted octanol–water partition coefficient (Wildman–Crippen LogP) is 2.70. The second-order valence-electron chi connectivity index (χ2n) is 7.62. The Morgan fingerprint density at radius 3 is 2.96 bits per heavy atom. The van der Waals surface area contributed by atoms with E-state index in [4.69, 9.17) is 5.11 Å². The number of nitrogens with one attached hydrogen (secondary N) is 1. The summed E-state index contributed by atoms with van der Waals surface area (Å²) in [5.74, 6) is 1.80. The number of carboxylic acids is 1. The monoisotopic (exact) mass is 395 g/mol. The summed E-state index contributed by atoms with van der Waals surface area (Å²) in [5.41, 5.74) is 0.0997. The number of nitrogens with zero attached hydrogens (tertiary/aromatic N) is 2. The Hall–Kier alpha value is -1.12. The Kier molecular flexibility index (Phi) is 5.52. The summed E-state index contributed by atoms with van der Waals surface area (Å²) in [6.45, 7) is 1.61. The van der Waals surface area contributed by atoms with E-state index in [1.807, 2.05) is 4.90 Å². The van der Waals surface area contributed by atoms with E-state index in [-0.39, 0.29) is 11.6 Å². The average Bonchev–Trinajstić information content (AvgIpc) is 3.38. The Morgan fingerprint density at radius 2 is 2.27 bits per heavy atom. The molecule has 1 aromatic rings. The number of aromatic nitrogens is 1. The number of hydrogen-bond donors (Lipinski definition) is 2. The zero-order valence-corrected chi connectivity index (χ0v) is 16.4. The largest absolute Gasteiger partial charge is 0.476 e. The van der Waals surface area contributed by atoms with Crippen molar-refractivity contribution >= 4 is 35.0 Å². The molecule has 2 heterocycles. The molecule has 3 fully saturated rings. The van der Waals surface area contributed by atoms with Crippen LogP contribution < -0.4 is 5.32 Å². The first-order valence-electron chi connectivity index (χ1n) is 9.44. The first kappa shape index (κ1) is 18.3. The van der Waals surface area contributed by atoms with Gasteiger partial charge in [-0.25, -0.2) is 9.78 Å². The fraction of sp³-hybridized carbons (Fsp3) is 0.722. The molecule has 1 unspecified atom stereocenters. The maximum Gasteiger partial charge on any atom is 0.355 e. The number of rotatable bonds is 8. The van der Waals surface area contributed by atoms with E-state index >= 15 is 0 Å². The molecular weight excluding hydrogens is 370 g/mol. The van der Waals surface area contributed by atoms with Gasteiger partial charge in [0.1, 0.15) is 0 Å². The maximum atomic E-state index is 12.2. The standard InChI is InChI=1S/C18H25N3O3S2/c22-16-4-3-13(9-19-14-8-11-1-2-12(14)7-11)21(16)5-6-25-18-20-15(10-26-18)17(23)24/h10-14,19H,1-9H2,(H,23,24)/t11-,12?,13+,14+/m0/s1. The summed E-state index contributed by atoms with van der Waals surface area (Å²) in [4.78, 5) is 29.2. The van der Waals surface area contributed by atoms with Crippen LogP contribution in [0.25, 0.3) is 0 Å². The molecule has 0 radical (unpaired) electrons. The van der Waals surface area contributed by atoms with Crippen molar-refractivity contribution in [2.75, 3.05) is 18.8 Å². The molecule has 8 heteroatoms. The van der Waals surface area contributed by atoms with Gasteiger partial charge in [0.2, 0.25) is 5.91 Å². The van der Waals surface area contributed by atoms with Crippen molar-refractivity contribution in [3.8, 4) is 0 Å². The molecule has 2 bridgehead atoms. The summed E-state index contributed by atoms with van der Waals surface area (Å²) in [5, 5.41) is 14.2. The van der Waals surface area contributed by atoms with E-state index in [2.05, 4.69) is 10.3 Å². The zero-order chi connectivity index (χ0) is 18.1. The van der Waals surface area contributed by atoms with E-state index in [0.29, 0.717) is 25.0 Å². The van der Waals surface area contributed by atoms with Crippen LogP contribution in [0.2, 0.25) is 0 Å². The number of amides is 1. The molecule has 0 spiro atoms. The maximum absolute atomic E-state index is 12.2. The van der Waals surface area contributed by atoms with Crippen molar-refractivity contribution in [3.63, 3.8) is 0 Å². The van der Waals surface area contributed by atoms with Gasteiger partial charge >= 0.3 is 5.97 Å². The second kappa shape index (κ2) is 7.86. The SMILES string of the molecule is O=C(O)c1csc(SCCN2C(=O)CC[C@@H]2CN[C@@H]2C[C@H]3CCC2C3)n1. The smallest absolute Gasteiger partial charge is 0.355 e. The van der Waals surface area contributed by atoms with Crippen LogP contribution in [0.4, 0.5) is 0 Å². The number of thioether (sulfide) groups is 1. The summed E-state index contributed by atoms with van der Waals surface area (Å²) in [6, 6.07) is 0.957. The molecule has 1 amide bonds. The predicted molar refractivity (Wildman–Crippen MR) is 102 cm³/mol. The molecule has 1 aromatic heterocycles. The minimum absolute atomic E-state index is 0.0997. The second-order valence-corrected chi connectivity index (χ2v) is 9.82. The lowest BCUT2D eigenvalue weighted by Gasteiger charge is -2.29. The number of hydrogen-bond acceptors (Lipinski definition) is 6. The average molecular weight is 396 g/mol. The Labute approximate surface area is 161 Å². The lowest BCUT2D eigenvalue weighted by atomic mass is 9.95. The van der Waals surface area contributed by atoms with E-state index < -0.39 is 5.97 Å². The highest BCUT2D eigenvalue weighted by atomic mass is 32.2. The summed E-state index contributed by atoms with van der Waals surface area (Å²) in [6.07, 6.45) is 7.09. The van der Waals surface area contributed by atoms with Gasteiger partial charge in [0, 0.05) is 42.7 Å². The Bertz CT molecular complexity index is 680. The van der Waals surface area contributed by atoms with Crippen LogP contribution in [0.1, 0.15) is 49.0 Å². The third-order valence-electron chi connectivity index (χ3n) is 6.07. The molecule has 0 aromatic carbocycles. The van der Waals surface area contributed by atoms with Crippen molar-refractivity contribution in [2.24, 2.45) is 11.8 Å². The van der Waals surface area contributed by atoms with Gasteiger partial charge in [-0.3, -0.25) is 4.79 Å². The minimum Gasteiger partial charge on any atom is -0.476 e. The van der Waals surface area contributed by atoms with Crippen molar-refractivity contribution in [2.45, 2.75) is 54.9 Å². The summed E-state index contributed by atoms with van der Waals surface area (Å²) >= 11 is 2.88. The summed E-state index contributed by atoms with van der Waals surface area (Å²) in [7, 11) is 0. The fourth-order valence-electron chi connectivity index (χ4n) is 4.75. The highest BCUT2D eigenvalue weighted by Crippen LogP contribution is 2.44. The van der Waals surface area contributed by atoms with Crippen LogP contribution in [-0.2, 0) is 4.79 Å². The van der Waals surface area contributed by atoms with Gasteiger partial charge in [0.15, 0.2) is 10.0 Å². The third kappa shape index (κ3) is 3.92. The minimum atomic E-state index is -0.991. The van der Waals surface area contributed by atoms with Crippen molar-refractivity contribution in [1.82, 2.24) is 15.2 Å². The van der Waals surface area contributed by atoms with Gasteiger partial charge in [0.05, 0.1) is 0 Å². The Balaban J connectivity index is 1.24. The van der Waals surface area contributed by atoms with Crippen LogP contribution in [0.3, 0.4) is 0 Å². The lowest BCUT2D eigenvalue weighted by molar-refractivity contribution is -0.128. The molecule has 4 rings (SSSR count). The first-order valence-corrected chi connectivity index (χ1v) is 11.3. The Morgan fingerprint density at radius 1 is 1.38 bits per heavy atom. The van der Waals surface area contributed by atoms with E-state index in [1.54, 1.807) is 5.38 Å². The molecule has 6 nitrogen and oxygen atoms in total. The summed E-state index contributed by atoms with van der Waals surface area (Å²) < 4.78 is 0.755. The molecule has 1 aliphatic heterocycles.